The molecule has 0 fully saturated rings. The van der Waals surface area contributed by atoms with Crippen LogP contribution in [0.5, 0.6) is 0 Å². The van der Waals surface area contributed by atoms with Crippen LogP contribution in [0.15, 0.2) is 30.6 Å². The van der Waals surface area contributed by atoms with E-state index in [4.69, 9.17) is 0 Å². The molecule has 0 aliphatic rings. The Labute approximate surface area is 122 Å². The summed E-state index contributed by atoms with van der Waals surface area (Å²) in [5.41, 5.74) is 0. The average Bonchev–Trinajstić information content (AvgIpc) is 2.49. The molecule has 0 atom stereocenters. The molecule has 1 aromatic heterocycles. The number of likely N-dealkylation sites (N-methyl/N-ethyl adjacent to an activating group) is 1. The predicted octanol–water partition coefficient (Wildman–Crippen LogP) is 1.60. The van der Waals surface area contributed by atoms with E-state index in [-0.39, 0.29) is 5.91 Å². The molecule has 0 aliphatic carbocycles. The smallest absolute Gasteiger partial charge is 0.220 e. The lowest BCUT2D eigenvalue weighted by atomic mass is 10.2. The predicted molar refractivity (Wildman–Crippen MR) is 81.3 cm³/mol. The van der Waals surface area contributed by atoms with Gasteiger partial charge in [-0.3, -0.25) is 4.79 Å². The van der Waals surface area contributed by atoms with Gasteiger partial charge in [0.25, 0.3) is 0 Å². The second kappa shape index (κ2) is 10.4. The molecule has 1 N–H and O–H groups in total. The summed E-state index contributed by atoms with van der Waals surface area (Å²) in [7, 11) is 0. The average molecular weight is 278 g/mol. The van der Waals surface area contributed by atoms with Gasteiger partial charge in [-0.25, -0.2) is 4.57 Å². The van der Waals surface area contributed by atoms with Gasteiger partial charge in [0.15, 0.2) is 12.4 Å². The van der Waals surface area contributed by atoms with E-state index in [1.165, 1.54) is 0 Å². The molecule has 0 spiro atoms. The van der Waals surface area contributed by atoms with E-state index in [1.54, 1.807) is 0 Å². The van der Waals surface area contributed by atoms with Crippen molar-refractivity contribution in [3.63, 3.8) is 0 Å². The van der Waals surface area contributed by atoms with Crippen LogP contribution in [0, 0.1) is 0 Å². The number of rotatable bonds is 10. The number of unbranched alkanes of at least 4 members (excludes halogenated alkanes) is 1. The fourth-order valence-corrected chi connectivity index (χ4v) is 2.14. The third-order valence-electron chi connectivity index (χ3n) is 3.49. The highest BCUT2D eigenvalue weighted by molar-refractivity contribution is 5.75. The van der Waals surface area contributed by atoms with Crippen molar-refractivity contribution in [2.75, 3.05) is 26.2 Å². The topological polar surface area (TPSA) is 36.2 Å². The van der Waals surface area contributed by atoms with E-state index in [9.17, 15) is 4.79 Å². The number of hydrogen-bond acceptors (Lipinski definition) is 2. The maximum Gasteiger partial charge on any atom is 0.220 e. The van der Waals surface area contributed by atoms with Crippen molar-refractivity contribution in [1.29, 1.82) is 0 Å². The molecule has 0 saturated carbocycles. The lowest BCUT2D eigenvalue weighted by Crippen LogP contribution is -2.35. The van der Waals surface area contributed by atoms with Crippen LogP contribution in [0.1, 0.15) is 33.1 Å². The first-order chi connectivity index (χ1) is 9.76. The Kier molecular flexibility index (Phi) is 8.63. The Morgan fingerprint density at radius 3 is 2.45 bits per heavy atom. The summed E-state index contributed by atoms with van der Waals surface area (Å²) in [5, 5.41) is 2.99. The van der Waals surface area contributed by atoms with E-state index in [0.717, 1.165) is 45.6 Å². The van der Waals surface area contributed by atoms with Gasteiger partial charge in [0.1, 0.15) is 6.54 Å². The van der Waals surface area contributed by atoms with Crippen LogP contribution in [0.2, 0.25) is 0 Å². The maximum atomic E-state index is 11.7. The summed E-state index contributed by atoms with van der Waals surface area (Å²) in [6, 6.07) is 6.07. The van der Waals surface area contributed by atoms with E-state index in [0.29, 0.717) is 6.42 Å². The molecule has 112 valence electrons. The van der Waals surface area contributed by atoms with Crippen LogP contribution in [-0.2, 0) is 11.3 Å². The standard InChI is InChI=1S/C16H27N3O/c1-3-18(4-2)15-11-17-16(20)10-6-9-14-19-12-7-5-8-13-19/h5,7-8,12-13H,3-4,6,9-11,14-15H2,1-2H3/p+1. The molecule has 0 aromatic carbocycles. The summed E-state index contributed by atoms with van der Waals surface area (Å²) in [5.74, 6) is 0.176. The molecule has 0 aliphatic heterocycles. The Hall–Kier alpha value is -1.42. The Morgan fingerprint density at radius 2 is 1.80 bits per heavy atom. The van der Waals surface area contributed by atoms with Crippen LogP contribution in [0.4, 0.5) is 0 Å². The molecule has 0 radical (unpaired) electrons. The zero-order valence-corrected chi connectivity index (χ0v) is 12.8. The number of hydrogen-bond donors (Lipinski definition) is 1. The van der Waals surface area contributed by atoms with Crippen molar-refractivity contribution in [3.05, 3.63) is 30.6 Å². The molecule has 1 heterocycles. The molecule has 1 rings (SSSR count). The third-order valence-corrected chi connectivity index (χ3v) is 3.49. The van der Waals surface area contributed by atoms with Gasteiger partial charge in [0.2, 0.25) is 5.91 Å². The fourth-order valence-electron chi connectivity index (χ4n) is 2.14. The molecule has 20 heavy (non-hydrogen) atoms. The number of carbonyl (C=O) groups is 1. The number of pyridine rings is 1. The van der Waals surface area contributed by atoms with E-state index in [2.05, 4.69) is 41.0 Å². The molecule has 1 amide bonds. The Bertz CT molecular complexity index is 363. The zero-order valence-electron chi connectivity index (χ0n) is 12.8. The second-order valence-electron chi connectivity index (χ2n) is 4.95. The number of aromatic nitrogens is 1. The van der Waals surface area contributed by atoms with E-state index in [1.807, 2.05) is 18.2 Å². The van der Waals surface area contributed by atoms with Gasteiger partial charge in [-0.1, -0.05) is 19.9 Å². The number of nitrogens with zero attached hydrogens (tertiary/aromatic N) is 2. The minimum Gasteiger partial charge on any atom is -0.355 e. The highest BCUT2D eigenvalue weighted by Gasteiger charge is 2.04. The van der Waals surface area contributed by atoms with Crippen molar-refractivity contribution in [3.8, 4) is 0 Å². The molecule has 0 bridgehead atoms. The lowest BCUT2D eigenvalue weighted by Gasteiger charge is -2.17. The summed E-state index contributed by atoms with van der Waals surface area (Å²) in [6.45, 7) is 9.06. The molecular weight excluding hydrogens is 250 g/mol. The monoisotopic (exact) mass is 278 g/mol. The van der Waals surface area contributed by atoms with Gasteiger partial charge in [0.05, 0.1) is 0 Å². The van der Waals surface area contributed by atoms with Crippen molar-refractivity contribution >= 4 is 5.91 Å². The minimum absolute atomic E-state index is 0.176. The highest BCUT2D eigenvalue weighted by atomic mass is 16.1. The first kappa shape index (κ1) is 16.6. The van der Waals surface area contributed by atoms with Gasteiger partial charge in [-0.15, -0.1) is 0 Å². The SMILES string of the molecule is CCN(CC)CCNC(=O)CCCC[n+]1ccccc1. The van der Waals surface area contributed by atoms with E-state index >= 15 is 0 Å². The molecule has 4 heteroatoms. The number of aryl methyl sites for hydroxylation is 1. The molecule has 0 saturated heterocycles. The lowest BCUT2D eigenvalue weighted by molar-refractivity contribution is -0.697. The van der Waals surface area contributed by atoms with Gasteiger partial charge < -0.3 is 10.2 Å². The Balaban J connectivity index is 2.03. The summed E-state index contributed by atoms with van der Waals surface area (Å²) in [4.78, 5) is 14.0. The summed E-state index contributed by atoms with van der Waals surface area (Å²) >= 11 is 0. The third kappa shape index (κ3) is 7.24. The Morgan fingerprint density at radius 1 is 1.10 bits per heavy atom. The van der Waals surface area contributed by atoms with Gasteiger partial charge in [0, 0.05) is 38.1 Å². The molecule has 0 unspecified atom stereocenters. The van der Waals surface area contributed by atoms with Crippen molar-refractivity contribution in [1.82, 2.24) is 10.2 Å². The van der Waals surface area contributed by atoms with Crippen LogP contribution in [0.25, 0.3) is 0 Å². The van der Waals surface area contributed by atoms with Crippen LogP contribution in [0.3, 0.4) is 0 Å². The van der Waals surface area contributed by atoms with E-state index < -0.39 is 0 Å². The van der Waals surface area contributed by atoms with Gasteiger partial charge >= 0.3 is 0 Å². The van der Waals surface area contributed by atoms with Gasteiger partial charge in [-0.05, 0) is 19.5 Å². The van der Waals surface area contributed by atoms with Crippen molar-refractivity contribution in [2.24, 2.45) is 0 Å². The van der Waals surface area contributed by atoms with Crippen molar-refractivity contribution in [2.45, 2.75) is 39.7 Å². The summed E-state index contributed by atoms with van der Waals surface area (Å²) in [6.07, 6.45) is 6.73. The van der Waals surface area contributed by atoms with Gasteiger partial charge in [-0.2, -0.15) is 0 Å². The van der Waals surface area contributed by atoms with Crippen LogP contribution < -0.4 is 9.88 Å². The molecule has 1 aromatic rings. The van der Waals surface area contributed by atoms with Crippen LogP contribution >= 0.6 is 0 Å². The molecular formula is C16H28N3O+. The quantitative estimate of drug-likeness (QED) is 0.521. The zero-order chi connectivity index (χ0) is 14.6. The fraction of sp³-hybridized carbons (Fsp3) is 0.625. The number of amides is 1. The maximum absolute atomic E-state index is 11.7. The normalized spacial score (nSPS) is 10.8. The molecule has 4 nitrogen and oxygen atoms in total. The van der Waals surface area contributed by atoms with Crippen molar-refractivity contribution < 1.29 is 9.36 Å². The first-order valence-electron chi connectivity index (χ1n) is 7.69. The largest absolute Gasteiger partial charge is 0.355 e. The summed E-state index contributed by atoms with van der Waals surface area (Å²) < 4.78 is 2.15. The number of nitrogens with one attached hydrogen (secondary N) is 1. The highest BCUT2D eigenvalue weighted by Crippen LogP contribution is 1.95. The van der Waals surface area contributed by atoms with Crippen LogP contribution in [-0.4, -0.2) is 37.0 Å². The first-order valence-corrected chi connectivity index (χ1v) is 7.69. The second-order valence-corrected chi connectivity index (χ2v) is 4.95. The minimum atomic E-state index is 0.176. The number of carbonyl (C=O) groups excluding carboxylic acids is 1.